The molecule has 0 fully saturated rings. The number of carbonyl (C=O) groups is 1. The fourth-order valence-corrected chi connectivity index (χ4v) is 2.72. The maximum absolute atomic E-state index is 12.2. The lowest BCUT2D eigenvalue weighted by molar-refractivity contribution is 0.0913. The summed E-state index contributed by atoms with van der Waals surface area (Å²) in [6, 6.07) is 12.3. The number of fused-ring (bicyclic) bond motifs is 1. The van der Waals surface area contributed by atoms with Crippen molar-refractivity contribution >= 4 is 5.78 Å². The lowest BCUT2D eigenvalue weighted by atomic mass is 10.00. The number of nitrogens with zero attached hydrogens (tertiary/aromatic N) is 2. The molecule has 0 bridgehead atoms. The summed E-state index contributed by atoms with van der Waals surface area (Å²) in [7, 11) is 1.92. The predicted molar refractivity (Wildman–Crippen MR) is 75.2 cm³/mol. The van der Waals surface area contributed by atoms with E-state index in [4.69, 9.17) is 0 Å². The summed E-state index contributed by atoms with van der Waals surface area (Å²) in [6.07, 6.45) is 2.95. The Hall–Kier alpha value is -1.87. The van der Waals surface area contributed by atoms with Crippen molar-refractivity contribution < 1.29 is 4.79 Å². The highest BCUT2D eigenvalue weighted by Gasteiger charge is 2.19. The van der Waals surface area contributed by atoms with Crippen LogP contribution in [0.4, 0.5) is 0 Å². The third kappa shape index (κ3) is 2.47. The molecule has 1 aromatic heterocycles. The van der Waals surface area contributed by atoms with Gasteiger partial charge in [0.15, 0.2) is 5.78 Å². The van der Waals surface area contributed by atoms with Gasteiger partial charge in [-0.05, 0) is 29.7 Å². The third-order valence-electron chi connectivity index (χ3n) is 3.81. The topological polar surface area (TPSA) is 25.2 Å². The van der Waals surface area contributed by atoms with Crippen molar-refractivity contribution in [1.29, 1.82) is 0 Å². The van der Waals surface area contributed by atoms with Crippen molar-refractivity contribution in [3.05, 3.63) is 59.4 Å². The van der Waals surface area contributed by atoms with Crippen molar-refractivity contribution in [2.24, 2.45) is 7.05 Å². The highest BCUT2D eigenvalue weighted by Crippen LogP contribution is 2.18. The van der Waals surface area contributed by atoms with Crippen molar-refractivity contribution in [3.63, 3.8) is 0 Å². The normalized spacial score (nSPS) is 15.2. The van der Waals surface area contributed by atoms with Gasteiger partial charge in [0.2, 0.25) is 0 Å². The van der Waals surface area contributed by atoms with Gasteiger partial charge < -0.3 is 4.57 Å². The smallest absolute Gasteiger partial charge is 0.193 e. The number of benzene rings is 1. The molecule has 98 valence electrons. The number of hydrogen-bond donors (Lipinski definition) is 0. The Balaban J connectivity index is 1.70. The van der Waals surface area contributed by atoms with Crippen LogP contribution in [0.2, 0.25) is 0 Å². The zero-order chi connectivity index (χ0) is 13.2. The number of aromatic nitrogens is 1. The van der Waals surface area contributed by atoms with E-state index in [-0.39, 0.29) is 5.78 Å². The molecule has 1 aliphatic rings. The Morgan fingerprint density at radius 3 is 2.68 bits per heavy atom. The number of aryl methyl sites for hydroxylation is 1. The van der Waals surface area contributed by atoms with Crippen molar-refractivity contribution in [1.82, 2.24) is 9.47 Å². The predicted octanol–water partition coefficient (Wildman–Crippen LogP) is 2.27. The molecule has 3 heteroatoms. The van der Waals surface area contributed by atoms with Gasteiger partial charge in [-0.2, -0.15) is 0 Å². The second-order valence-electron chi connectivity index (χ2n) is 5.16. The molecule has 0 N–H and O–H groups in total. The maximum Gasteiger partial charge on any atom is 0.193 e. The molecule has 0 unspecified atom stereocenters. The van der Waals surface area contributed by atoms with Crippen LogP contribution in [0.5, 0.6) is 0 Å². The van der Waals surface area contributed by atoms with E-state index in [0.717, 1.165) is 25.2 Å². The molecule has 0 saturated carbocycles. The van der Waals surface area contributed by atoms with Crippen LogP contribution < -0.4 is 0 Å². The van der Waals surface area contributed by atoms with Crippen molar-refractivity contribution in [2.45, 2.75) is 13.0 Å². The van der Waals surface area contributed by atoms with Crippen molar-refractivity contribution in [3.8, 4) is 0 Å². The van der Waals surface area contributed by atoms with E-state index in [1.165, 1.54) is 11.1 Å². The van der Waals surface area contributed by atoms with E-state index in [1.807, 2.05) is 29.9 Å². The molecule has 3 rings (SSSR count). The summed E-state index contributed by atoms with van der Waals surface area (Å²) in [6.45, 7) is 2.35. The van der Waals surface area contributed by atoms with Gasteiger partial charge in [-0.1, -0.05) is 24.3 Å². The van der Waals surface area contributed by atoms with Crippen LogP contribution in [0.1, 0.15) is 21.6 Å². The second kappa shape index (κ2) is 5.02. The Morgan fingerprint density at radius 2 is 1.95 bits per heavy atom. The van der Waals surface area contributed by atoms with Gasteiger partial charge in [-0.25, -0.2) is 0 Å². The Labute approximate surface area is 113 Å². The molecule has 0 spiro atoms. The largest absolute Gasteiger partial charge is 0.348 e. The molecule has 3 nitrogen and oxygen atoms in total. The lowest BCUT2D eigenvalue weighted by Gasteiger charge is -2.28. The van der Waals surface area contributed by atoms with Gasteiger partial charge >= 0.3 is 0 Å². The first-order chi connectivity index (χ1) is 9.24. The summed E-state index contributed by atoms with van der Waals surface area (Å²) in [5, 5.41) is 0. The van der Waals surface area contributed by atoms with Gasteiger partial charge in [0.25, 0.3) is 0 Å². The quantitative estimate of drug-likeness (QED) is 0.785. The lowest BCUT2D eigenvalue weighted by Crippen LogP contribution is -2.35. The molecule has 2 aromatic rings. The zero-order valence-electron chi connectivity index (χ0n) is 11.2. The van der Waals surface area contributed by atoms with Crippen LogP contribution in [0, 0.1) is 0 Å². The van der Waals surface area contributed by atoms with Gasteiger partial charge in [-0.15, -0.1) is 0 Å². The third-order valence-corrected chi connectivity index (χ3v) is 3.81. The van der Waals surface area contributed by atoms with E-state index in [9.17, 15) is 4.79 Å². The summed E-state index contributed by atoms with van der Waals surface area (Å²) in [5.41, 5.74) is 3.57. The van der Waals surface area contributed by atoms with Gasteiger partial charge in [0.1, 0.15) is 0 Å². The zero-order valence-corrected chi connectivity index (χ0v) is 11.2. The number of ketones is 1. The Morgan fingerprint density at radius 1 is 1.16 bits per heavy atom. The maximum atomic E-state index is 12.2. The number of hydrogen-bond acceptors (Lipinski definition) is 2. The first-order valence-corrected chi connectivity index (χ1v) is 6.68. The number of carbonyl (C=O) groups excluding carboxylic acids is 1. The molecule has 1 aromatic carbocycles. The number of Topliss-reactive ketones (excluding diaryl/α,β-unsaturated/α-hetero) is 1. The van der Waals surface area contributed by atoms with E-state index in [0.29, 0.717) is 6.54 Å². The number of rotatable bonds is 3. The Bertz CT molecular complexity index is 600. The van der Waals surface area contributed by atoms with Crippen LogP contribution in [0.15, 0.2) is 42.6 Å². The summed E-state index contributed by atoms with van der Waals surface area (Å²) in [5.74, 6) is 0.201. The summed E-state index contributed by atoms with van der Waals surface area (Å²) >= 11 is 0. The molecule has 0 saturated heterocycles. The molecule has 0 amide bonds. The monoisotopic (exact) mass is 254 g/mol. The first kappa shape index (κ1) is 12.2. The molecule has 0 atom stereocenters. The Kier molecular flexibility index (Phi) is 3.22. The van der Waals surface area contributed by atoms with Gasteiger partial charge in [0, 0.05) is 26.3 Å². The van der Waals surface area contributed by atoms with E-state index < -0.39 is 0 Å². The fraction of sp³-hybridized carbons (Fsp3) is 0.312. The SMILES string of the molecule is Cn1cccc1C(=O)CN1CCc2ccccc2C1. The summed E-state index contributed by atoms with van der Waals surface area (Å²) in [4.78, 5) is 14.5. The highest BCUT2D eigenvalue weighted by molar-refractivity contribution is 5.96. The highest BCUT2D eigenvalue weighted by atomic mass is 16.1. The minimum atomic E-state index is 0.201. The van der Waals surface area contributed by atoms with Crippen LogP contribution in [-0.4, -0.2) is 28.3 Å². The van der Waals surface area contributed by atoms with E-state index >= 15 is 0 Å². The van der Waals surface area contributed by atoms with Crippen LogP contribution in [0.3, 0.4) is 0 Å². The molecule has 19 heavy (non-hydrogen) atoms. The first-order valence-electron chi connectivity index (χ1n) is 6.68. The molecular weight excluding hydrogens is 236 g/mol. The summed E-state index contributed by atoms with van der Waals surface area (Å²) < 4.78 is 1.89. The molecule has 2 heterocycles. The molecule has 1 aliphatic heterocycles. The average molecular weight is 254 g/mol. The minimum Gasteiger partial charge on any atom is -0.348 e. The fourth-order valence-electron chi connectivity index (χ4n) is 2.72. The van der Waals surface area contributed by atoms with Gasteiger partial charge in [-0.3, -0.25) is 9.69 Å². The average Bonchev–Trinajstić information content (AvgIpc) is 2.85. The van der Waals surface area contributed by atoms with Crippen LogP contribution in [-0.2, 0) is 20.0 Å². The standard InChI is InChI=1S/C16H18N2O/c1-17-9-4-7-15(17)16(19)12-18-10-8-13-5-2-3-6-14(13)11-18/h2-7,9H,8,10-12H2,1H3. The van der Waals surface area contributed by atoms with Crippen LogP contribution >= 0.6 is 0 Å². The molecule has 0 aliphatic carbocycles. The van der Waals surface area contributed by atoms with Gasteiger partial charge in [0.05, 0.1) is 12.2 Å². The van der Waals surface area contributed by atoms with E-state index in [2.05, 4.69) is 29.2 Å². The van der Waals surface area contributed by atoms with Crippen LogP contribution in [0.25, 0.3) is 0 Å². The van der Waals surface area contributed by atoms with Crippen molar-refractivity contribution in [2.75, 3.05) is 13.1 Å². The molecular formula is C16H18N2O. The molecule has 0 radical (unpaired) electrons. The second-order valence-corrected chi connectivity index (χ2v) is 5.16. The minimum absolute atomic E-state index is 0.201. The van der Waals surface area contributed by atoms with E-state index in [1.54, 1.807) is 0 Å².